The fraction of sp³-hybridized carbons (Fsp3) is 0.750. The third-order valence-electron chi connectivity index (χ3n) is 2.71. The highest BCUT2D eigenvalue weighted by Crippen LogP contribution is 2.32. The topological polar surface area (TPSA) is 68.5 Å². The number of rotatable bonds is 1. The normalized spacial score (nSPS) is 20.2. The predicted molar refractivity (Wildman–Crippen MR) is 64.0 cm³/mol. The lowest BCUT2D eigenvalue weighted by molar-refractivity contribution is 0.0203. The molecular formula is C12H19N3O3. The molecule has 1 amide bonds. The van der Waals surface area contributed by atoms with Gasteiger partial charge in [0.15, 0.2) is 0 Å². The lowest BCUT2D eigenvalue weighted by atomic mass is 10.2. The van der Waals surface area contributed by atoms with E-state index in [2.05, 4.69) is 10.2 Å². The van der Waals surface area contributed by atoms with Gasteiger partial charge in [0.2, 0.25) is 11.8 Å². The Morgan fingerprint density at radius 3 is 2.72 bits per heavy atom. The molecule has 1 aromatic rings. The number of carbonyl (C=O) groups is 1. The minimum Gasteiger partial charge on any atom is -0.444 e. The van der Waals surface area contributed by atoms with Crippen molar-refractivity contribution in [3.05, 3.63) is 11.8 Å². The Labute approximate surface area is 106 Å². The number of hydrogen-bond acceptors (Lipinski definition) is 5. The molecule has 0 aromatic carbocycles. The molecule has 2 rings (SSSR count). The number of aryl methyl sites for hydroxylation is 1. The van der Waals surface area contributed by atoms with E-state index in [0.29, 0.717) is 18.3 Å². The number of nitrogens with zero attached hydrogens (tertiary/aromatic N) is 3. The van der Waals surface area contributed by atoms with Gasteiger partial charge in [0, 0.05) is 13.5 Å². The van der Waals surface area contributed by atoms with Crippen molar-refractivity contribution in [2.45, 2.75) is 52.2 Å². The largest absolute Gasteiger partial charge is 0.444 e. The van der Waals surface area contributed by atoms with Crippen LogP contribution in [0.5, 0.6) is 0 Å². The van der Waals surface area contributed by atoms with Crippen LogP contribution in [0.25, 0.3) is 0 Å². The SMILES string of the molecule is Cc1nnc(C2CCCN2C(=O)OC(C)(C)C)o1. The van der Waals surface area contributed by atoms with Crippen LogP contribution in [-0.2, 0) is 4.74 Å². The molecule has 1 aliphatic heterocycles. The van der Waals surface area contributed by atoms with Crippen molar-refractivity contribution in [2.75, 3.05) is 6.54 Å². The third kappa shape index (κ3) is 2.80. The lowest BCUT2D eigenvalue weighted by Gasteiger charge is -2.27. The van der Waals surface area contributed by atoms with Gasteiger partial charge in [-0.15, -0.1) is 10.2 Å². The van der Waals surface area contributed by atoms with Gasteiger partial charge in [-0.1, -0.05) is 0 Å². The fourth-order valence-electron chi connectivity index (χ4n) is 2.01. The summed E-state index contributed by atoms with van der Waals surface area (Å²) < 4.78 is 10.8. The molecule has 0 N–H and O–H groups in total. The van der Waals surface area contributed by atoms with E-state index < -0.39 is 5.60 Å². The summed E-state index contributed by atoms with van der Waals surface area (Å²) in [6, 6.07) is -0.152. The summed E-state index contributed by atoms with van der Waals surface area (Å²) >= 11 is 0. The average Bonchev–Trinajstić information content (AvgIpc) is 2.81. The Bertz CT molecular complexity index is 436. The van der Waals surface area contributed by atoms with E-state index in [9.17, 15) is 4.79 Å². The maximum Gasteiger partial charge on any atom is 0.410 e. The molecule has 1 aliphatic rings. The molecule has 1 atom stereocenters. The van der Waals surface area contributed by atoms with Gasteiger partial charge in [0.05, 0.1) is 0 Å². The van der Waals surface area contributed by atoms with Crippen LogP contribution in [-0.4, -0.2) is 33.3 Å². The van der Waals surface area contributed by atoms with Crippen molar-refractivity contribution in [3.63, 3.8) is 0 Å². The zero-order chi connectivity index (χ0) is 13.3. The predicted octanol–water partition coefficient (Wildman–Crippen LogP) is 2.45. The quantitative estimate of drug-likeness (QED) is 0.769. The minimum atomic E-state index is -0.491. The Kier molecular flexibility index (Phi) is 3.28. The molecule has 1 unspecified atom stereocenters. The van der Waals surface area contributed by atoms with E-state index in [-0.39, 0.29) is 12.1 Å². The summed E-state index contributed by atoms with van der Waals surface area (Å²) in [6.45, 7) is 7.97. The molecule has 6 nitrogen and oxygen atoms in total. The van der Waals surface area contributed by atoms with Crippen LogP contribution in [0.4, 0.5) is 4.79 Å². The van der Waals surface area contributed by atoms with E-state index >= 15 is 0 Å². The van der Waals surface area contributed by atoms with Crippen LogP contribution >= 0.6 is 0 Å². The van der Waals surface area contributed by atoms with Crippen molar-refractivity contribution in [3.8, 4) is 0 Å². The molecule has 1 saturated heterocycles. The Balaban J connectivity index is 2.10. The zero-order valence-electron chi connectivity index (χ0n) is 11.3. The van der Waals surface area contributed by atoms with Crippen molar-refractivity contribution < 1.29 is 13.9 Å². The van der Waals surface area contributed by atoms with Gasteiger partial charge in [0.1, 0.15) is 11.6 Å². The molecule has 1 fully saturated rings. The third-order valence-corrected chi connectivity index (χ3v) is 2.71. The van der Waals surface area contributed by atoms with Gasteiger partial charge >= 0.3 is 6.09 Å². The standard InChI is InChI=1S/C12H19N3O3/c1-8-13-14-10(17-8)9-6-5-7-15(9)11(16)18-12(2,3)4/h9H,5-7H2,1-4H3. The maximum absolute atomic E-state index is 12.1. The van der Waals surface area contributed by atoms with E-state index in [1.165, 1.54) is 0 Å². The molecule has 100 valence electrons. The number of carbonyl (C=O) groups excluding carboxylic acids is 1. The summed E-state index contributed by atoms with van der Waals surface area (Å²) in [6.07, 6.45) is 1.44. The van der Waals surface area contributed by atoms with Crippen molar-refractivity contribution in [1.82, 2.24) is 15.1 Å². The first-order valence-corrected chi connectivity index (χ1v) is 6.16. The first-order valence-electron chi connectivity index (χ1n) is 6.16. The highest BCUT2D eigenvalue weighted by atomic mass is 16.6. The van der Waals surface area contributed by atoms with Gasteiger partial charge < -0.3 is 9.15 Å². The molecular weight excluding hydrogens is 234 g/mol. The van der Waals surface area contributed by atoms with Crippen LogP contribution in [0.2, 0.25) is 0 Å². The van der Waals surface area contributed by atoms with E-state index in [1.54, 1.807) is 11.8 Å². The lowest BCUT2D eigenvalue weighted by Crippen LogP contribution is -2.36. The molecule has 0 radical (unpaired) electrons. The molecule has 6 heteroatoms. The summed E-state index contributed by atoms with van der Waals surface area (Å²) in [5.41, 5.74) is -0.491. The van der Waals surface area contributed by atoms with Crippen LogP contribution in [0.3, 0.4) is 0 Å². The molecule has 0 saturated carbocycles. The van der Waals surface area contributed by atoms with Crippen LogP contribution in [0, 0.1) is 6.92 Å². The van der Waals surface area contributed by atoms with Crippen molar-refractivity contribution in [2.24, 2.45) is 0 Å². The second-order valence-electron chi connectivity index (χ2n) is 5.49. The minimum absolute atomic E-state index is 0.152. The van der Waals surface area contributed by atoms with E-state index in [0.717, 1.165) is 12.8 Å². The number of likely N-dealkylation sites (tertiary alicyclic amines) is 1. The van der Waals surface area contributed by atoms with Crippen LogP contribution in [0.1, 0.15) is 51.4 Å². The second-order valence-corrected chi connectivity index (χ2v) is 5.49. The zero-order valence-corrected chi connectivity index (χ0v) is 11.3. The van der Waals surface area contributed by atoms with Gasteiger partial charge in [-0.2, -0.15) is 0 Å². The first kappa shape index (κ1) is 12.9. The number of hydrogen-bond donors (Lipinski definition) is 0. The van der Waals surface area contributed by atoms with Gasteiger partial charge in [-0.3, -0.25) is 4.90 Å². The number of amides is 1. The highest BCUT2D eigenvalue weighted by molar-refractivity contribution is 5.69. The van der Waals surface area contributed by atoms with Gasteiger partial charge in [-0.25, -0.2) is 4.79 Å². The summed E-state index contributed by atoms with van der Waals surface area (Å²) in [7, 11) is 0. The molecule has 0 spiro atoms. The molecule has 0 aliphatic carbocycles. The number of ether oxygens (including phenoxy) is 1. The van der Waals surface area contributed by atoms with E-state index in [4.69, 9.17) is 9.15 Å². The van der Waals surface area contributed by atoms with Gasteiger partial charge in [0.25, 0.3) is 0 Å². The summed E-state index contributed by atoms with van der Waals surface area (Å²) in [4.78, 5) is 13.7. The average molecular weight is 253 g/mol. The molecule has 0 bridgehead atoms. The smallest absolute Gasteiger partial charge is 0.410 e. The Morgan fingerprint density at radius 2 is 2.17 bits per heavy atom. The Morgan fingerprint density at radius 1 is 1.44 bits per heavy atom. The molecule has 2 heterocycles. The Hall–Kier alpha value is -1.59. The molecule has 18 heavy (non-hydrogen) atoms. The van der Waals surface area contributed by atoms with Gasteiger partial charge in [-0.05, 0) is 33.6 Å². The second kappa shape index (κ2) is 4.59. The van der Waals surface area contributed by atoms with Crippen molar-refractivity contribution >= 4 is 6.09 Å². The van der Waals surface area contributed by atoms with Crippen molar-refractivity contribution in [1.29, 1.82) is 0 Å². The number of aromatic nitrogens is 2. The monoisotopic (exact) mass is 253 g/mol. The fourth-order valence-corrected chi connectivity index (χ4v) is 2.01. The highest BCUT2D eigenvalue weighted by Gasteiger charge is 2.36. The van der Waals surface area contributed by atoms with Crippen LogP contribution < -0.4 is 0 Å². The molecule has 1 aromatic heterocycles. The van der Waals surface area contributed by atoms with E-state index in [1.807, 2.05) is 20.8 Å². The summed E-state index contributed by atoms with van der Waals surface area (Å²) in [5.74, 6) is 1.01. The maximum atomic E-state index is 12.1. The summed E-state index contributed by atoms with van der Waals surface area (Å²) in [5, 5.41) is 7.79. The first-order chi connectivity index (χ1) is 8.37. The van der Waals surface area contributed by atoms with Crippen LogP contribution in [0.15, 0.2) is 4.42 Å².